The Bertz CT molecular complexity index is 924. The van der Waals surface area contributed by atoms with Crippen LogP contribution in [0.25, 0.3) is 0 Å². The van der Waals surface area contributed by atoms with Crippen LogP contribution in [-0.2, 0) is 0 Å². The first-order chi connectivity index (χ1) is 14.1. The van der Waals surface area contributed by atoms with Crippen molar-refractivity contribution in [2.45, 2.75) is 38.3 Å². The minimum atomic E-state index is -0.116. The normalized spacial score (nSPS) is 25.4. The van der Waals surface area contributed by atoms with E-state index >= 15 is 0 Å². The Morgan fingerprint density at radius 2 is 1.86 bits per heavy atom. The third-order valence-corrected chi connectivity index (χ3v) is 6.24. The summed E-state index contributed by atoms with van der Waals surface area (Å²) in [5.41, 5.74) is 1.57. The summed E-state index contributed by atoms with van der Waals surface area (Å²) in [6.45, 7) is 2.10. The number of carbonyl (C=O) groups is 2. The van der Waals surface area contributed by atoms with Crippen molar-refractivity contribution in [3.8, 4) is 6.07 Å². The van der Waals surface area contributed by atoms with E-state index in [-0.39, 0.29) is 23.9 Å². The standard InChI is InChI=1S/C23H24N4O2/c1-2-19(27-22(28)15-8-6-14(13-24)7-9-15)21-17-11-16(12-18(17)21)26-23(29)20-5-3-4-10-25-20/h3-10,16-19,21H,2,11-12H2,1H3,(H,26,29)(H,27,28)/t16?,17-,18+,19?,21?. The summed E-state index contributed by atoms with van der Waals surface area (Å²) in [6, 6.07) is 14.4. The van der Waals surface area contributed by atoms with Crippen molar-refractivity contribution in [3.05, 3.63) is 65.5 Å². The van der Waals surface area contributed by atoms with Crippen LogP contribution in [0.1, 0.15) is 52.6 Å². The number of hydrogen-bond acceptors (Lipinski definition) is 4. The van der Waals surface area contributed by atoms with Gasteiger partial charge < -0.3 is 10.6 Å². The van der Waals surface area contributed by atoms with Gasteiger partial charge in [-0.15, -0.1) is 0 Å². The topological polar surface area (TPSA) is 94.9 Å². The molecule has 2 saturated carbocycles. The number of amides is 2. The number of carbonyl (C=O) groups excluding carboxylic acids is 2. The quantitative estimate of drug-likeness (QED) is 0.795. The van der Waals surface area contributed by atoms with Crippen LogP contribution < -0.4 is 10.6 Å². The van der Waals surface area contributed by atoms with Crippen molar-refractivity contribution in [1.29, 1.82) is 5.26 Å². The van der Waals surface area contributed by atoms with Crippen LogP contribution in [0, 0.1) is 29.1 Å². The van der Waals surface area contributed by atoms with Crippen LogP contribution in [0.3, 0.4) is 0 Å². The molecule has 0 bridgehead atoms. The molecule has 6 heteroatoms. The second-order valence-corrected chi connectivity index (χ2v) is 7.94. The Morgan fingerprint density at radius 3 is 2.45 bits per heavy atom. The molecule has 1 aromatic carbocycles. The number of nitrogens with zero attached hydrogens (tertiary/aromatic N) is 2. The van der Waals surface area contributed by atoms with Gasteiger partial charge in [-0.3, -0.25) is 14.6 Å². The maximum atomic E-state index is 12.6. The van der Waals surface area contributed by atoms with Gasteiger partial charge in [-0.2, -0.15) is 5.26 Å². The molecule has 5 atom stereocenters. The zero-order valence-corrected chi connectivity index (χ0v) is 16.3. The number of benzene rings is 1. The van der Waals surface area contributed by atoms with Gasteiger partial charge in [0.05, 0.1) is 11.6 Å². The first kappa shape index (κ1) is 19.1. The molecule has 29 heavy (non-hydrogen) atoms. The number of nitriles is 1. The van der Waals surface area contributed by atoms with E-state index in [1.54, 1.807) is 42.6 Å². The van der Waals surface area contributed by atoms with Crippen molar-refractivity contribution in [2.24, 2.45) is 17.8 Å². The molecule has 2 aliphatic rings. The van der Waals surface area contributed by atoms with E-state index in [2.05, 4.69) is 28.6 Å². The van der Waals surface area contributed by atoms with E-state index < -0.39 is 0 Å². The van der Waals surface area contributed by atoms with Crippen LogP contribution in [0.5, 0.6) is 0 Å². The highest BCUT2D eigenvalue weighted by molar-refractivity contribution is 5.94. The summed E-state index contributed by atoms with van der Waals surface area (Å²) in [4.78, 5) is 29.0. The zero-order chi connectivity index (χ0) is 20.4. The molecule has 3 unspecified atom stereocenters. The lowest BCUT2D eigenvalue weighted by Gasteiger charge is -2.22. The molecule has 1 aromatic heterocycles. The lowest BCUT2D eigenvalue weighted by Crippen LogP contribution is -2.39. The lowest BCUT2D eigenvalue weighted by molar-refractivity contribution is 0.0926. The maximum absolute atomic E-state index is 12.6. The molecule has 148 valence electrons. The largest absolute Gasteiger partial charge is 0.349 e. The molecule has 0 aliphatic heterocycles. The average Bonchev–Trinajstić information content (AvgIpc) is 3.26. The predicted molar refractivity (Wildman–Crippen MR) is 108 cm³/mol. The summed E-state index contributed by atoms with van der Waals surface area (Å²) in [6.07, 6.45) is 4.42. The third kappa shape index (κ3) is 4.00. The van der Waals surface area contributed by atoms with E-state index in [0.29, 0.717) is 34.6 Å². The van der Waals surface area contributed by atoms with Gasteiger partial charge in [-0.05, 0) is 73.4 Å². The molecule has 2 amide bonds. The van der Waals surface area contributed by atoms with Gasteiger partial charge in [0.1, 0.15) is 5.69 Å². The number of aromatic nitrogens is 1. The molecular formula is C23H24N4O2. The third-order valence-electron chi connectivity index (χ3n) is 6.24. The Hall–Kier alpha value is -3.20. The number of rotatable bonds is 6. The van der Waals surface area contributed by atoms with Gasteiger partial charge >= 0.3 is 0 Å². The maximum Gasteiger partial charge on any atom is 0.270 e. The number of nitrogens with one attached hydrogen (secondary N) is 2. The SMILES string of the molecule is CCC(NC(=O)c1ccc(C#N)cc1)C1[C@H]2CC(NC(=O)c3ccccn3)C[C@@H]12. The van der Waals surface area contributed by atoms with E-state index in [9.17, 15) is 9.59 Å². The van der Waals surface area contributed by atoms with Crippen LogP contribution in [-0.4, -0.2) is 28.9 Å². The van der Waals surface area contributed by atoms with E-state index in [0.717, 1.165) is 19.3 Å². The summed E-state index contributed by atoms with van der Waals surface area (Å²) < 4.78 is 0. The molecule has 0 saturated heterocycles. The molecule has 0 radical (unpaired) electrons. The van der Waals surface area contributed by atoms with Crippen molar-refractivity contribution in [3.63, 3.8) is 0 Å². The predicted octanol–water partition coefficient (Wildman–Crippen LogP) is 2.92. The fourth-order valence-electron chi connectivity index (χ4n) is 4.78. The van der Waals surface area contributed by atoms with E-state index in [1.807, 2.05) is 6.07 Å². The van der Waals surface area contributed by atoms with E-state index in [1.165, 1.54) is 0 Å². The highest BCUT2D eigenvalue weighted by Gasteiger charge is 2.58. The summed E-state index contributed by atoms with van der Waals surface area (Å²) in [7, 11) is 0. The molecule has 2 aromatic rings. The summed E-state index contributed by atoms with van der Waals surface area (Å²) in [5.74, 6) is 1.37. The van der Waals surface area contributed by atoms with Crippen LogP contribution in [0.4, 0.5) is 0 Å². The van der Waals surface area contributed by atoms with Crippen LogP contribution >= 0.6 is 0 Å². The first-order valence-corrected chi connectivity index (χ1v) is 10.1. The van der Waals surface area contributed by atoms with Crippen molar-refractivity contribution in [1.82, 2.24) is 15.6 Å². The Balaban J connectivity index is 1.30. The average molecular weight is 388 g/mol. The molecule has 4 rings (SSSR count). The minimum Gasteiger partial charge on any atom is -0.349 e. The Labute approximate surface area is 170 Å². The zero-order valence-electron chi connectivity index (χ0n) is 16.3. The fraction of sp³-hybridized carbons (Fsp3) is 0.391. The second-order valence-electron chi connectivity index (χ2n) is 7.94. The van der Waals surface area contributed by atoms with Crippen molar-refractivity contribution >= 4 is 11.8 Å². The molecular weight excluding hydrogens is 364 g/mol. The number of hydrogen-bond donors (Lipinski definition) is 2. The number of fused-ring (bicyclic) bond motifs is 1. The van der Waals surface area contributed by atoms with Gasteiger partial charge in [0.15, 0.2) is 0 Å². The fourth-order valence-corrected chi connectivity index (χ4v) is 4.78. The van der Waals surface area contributed by atoms with Gasteiger partial charge in [-0.25, -0.2) is 0 Å². The molecule has 2 fully saturated rings. The Kier molecular flexibility index (Phi) is 5.30. The first-order valence-electron chi connectivity index (χ1n) is 10.1. The van der Waals surface area contributed by atoms with Gasteiger partial charge in [0, 0.05) is 23.8 Å². The molecule has 2 aliphatic carbocycles. The van der Waals surface area contributed by atoms with Crippen molar-refractivity contribution in [2.75, 3.05) is 0 Å². The highest BCUT2D eigenvalue weighted by Crippen LogP contribution is 2.59. The second kappa shape index (κ2) is 8.04. The van der Waals surface area contributed by atoms with Crippen molar-refractivity contribution < 1.29 is 9.59 Å². The minimum absolute atomic E-state index is 0.0914. The monoisotopic (exact) mass is 388 g/mol. The van der Waals surface area contributed by atoms with Gasteiger partial charge in [-0.1, -0.05) is 13.0 Å². The van der Waals surface area contributed by atoms with Crippen LogP contribution in [0.2, 0.25) is 0 Å². The molecule has 2 N–H and O–H groups in total. The number of pyridine rings is 1. The summed E-state index contributed by atoms with van der Waals surface area (Å²) in [5, 5.41) is 15.2. The van der Waals surface area contributed by atoms with Crippen LogP contribution in [0.15, 0.2) is 48.7 Å². The molecule has 6 nitrogen and oxygen atoms in total. The smallest absolute Gasteiger partial charge is 0.270 e. The summed E-state index contributed by atoms with van der Waals surface area (Å²) >= 11 is 0. The highest BCUT2D eigenvalue weighted by atomic mass is 16.2. The van der Waals surface area contributed by atoms with Gasteiger partial charge in [0.2, 0.25) is 0 Å². The lowest BCUT2D eigenvalue weighted by atomic mass is 9.99. The van der Waals surface area contributed by atoms with Gasteiger partial charge in [0.25, 0.3) is 11.8 Å². The molecule has 0 spiro atoms. The van der Waals surface area contributed by atoms with E-state index in [4.69, 9.17) is 5.26 Å². The Morgan fingerprint density at radius 1 is 1.14 bits per heavy atom. The molecule has 1 heterocycles.